The van der Waals surface area contributed by atoms with Gasteiger partial charge in [-0.2, -0.15) is 4.98 Å². The summed E-state index contributed by atoms with van der Waals surface area (Å²) in [4.78, 5) is 16.2. The lowest BCUT2D eigenvalue weighted by molar-refractivity contribution is 0.0429. The molecular formula is C17H22ClN3O5S. The highest BCUT2D eigenvalue weighted by molar-refractivity contribution is 7.89. The normalized spacial score (nSPS) is 12.4. The van der Waals surface area contributed by atoms with E-state index in [-0.39, 0.29) is 33.9 Å². The second-order valence-electron chi connectivity index (χ2n) is 7.28. The minimum atomic E-state index is -3.91. The lowest BCUT2D eigenvalue weighted by Gasteiger charge is -2.21. The van der Waals surface area contributed by atoms with Gasteiger partial charge in [0.05, 0.1) is 10.6 Å². The summed E-state index contributed by atoms with van der Waals surface area (Å²) in [5, 5.41) is 3.78. The van der Waals surface area contributed by atoms with Crippen molar-refractivity contribution in [1.29, 1.82) is 0 Å². The van der Waals surface area contributed by atoms with Crippen LogP contribution in [-0.2, 0) is 21.4 Å². The van der Waals surface area contributed by atoms with Gasteiger partial charge in [-0.25, -0.2) is 17.9 Å². The van der Waals surface area contributed by atoms with Gasteiger partial charge in [0.25, 0.3) is 5.89 Å². The number of hydrogen-bond donors (Lipinski definition) is 1. The number of nitrogens with zero attached hydrogens (tertiary/aromatic N) is 2. The highest BCUT2D eigenvalue weighted by atomic mass is 35.5. The van der Waals surface area contributed by atoms with Gasteiger partial charge >= 0.3 is 5.97 Å². The van der Waals surface area contributed by atoms with Gasteiger partial charge in [-0.05, 0) is 39.0 Å². The zero-order valence-corrected chi connectivity index (χ0v) is 17.3. The SMILES string of the molecule is CC(C)c1noc(COC(=O)c2ccc(Cl)c(S(=O)(=O)NC(C)(C)C)c2)n1. The third kappa shape index (κ3) is 5.75. The molecule has 0 aliphatic rings. The molecule has 0 saturated heterocycles. The number of benzene rings is 1. The molecule has 0 fully saturated rings. The van der Waals surface area contributed by atoms with E-state index in [0.29, 0.717) is 5.82 Å². The Morgan fingerprint density at radius 2 is 2.00 bits per heavy atom. The number of carbonyl (C=O) groups is 1. The van der Waals surface area contributed by atoms with Gasteiger partial charge in [-0.1, -0.05) is 30.6 Å². The van der Waals surface area contributed by atoms with Crippen molar-refractivity contribution in [3.63, 3.8) is 0 Å². The van der Waals surface area contributed by atoms with Crippen molar-refractivity contribution < 1.29 is 22.5 Å². The van der Waals surface area contributed by atoms with Crippen LogP contribution in [0.1, 0.15) is 62.6 Å². The van der Waals surface area contributed by atoms with E-state index in [9.17, 15) is 13.2 Å². The zero-order chi connectivity index (χ0) is 20.4. The standard InChI is InChI=1S/C17H22ClN3O5S/c1-10(2)15-19-14(26-20-15)9-25-16(22)11-6-7-12(18)13(8-11)27(23,24)21-17(3,4)5/h6-8,10,21H,9H2,1-5H3. The Bertz CT molecular complexity index is 932. The number of esters is 1. The maximum atomic E-state index is 12.5. The predicted octanol–water partition coefficient (Wildman–Crippen LogP) is 3.28. The molecule has 0 spiro atoms. The minimum Gasteiger partial charge on any atom is -0.452 e. The third-order valence-corrected chi connectivity index (χ3v) is 5.46. The Morgan fingerprint density at radius 1 is 1.33 bits per heavy atom. The topological polar surface area (TPSA) is 111 Å². The molecule has 1 heterocycles. The number of aromatic nitrogens is 2. The smallest absolute Gasteiger partial charge is 0.338 e. The van der Waals surface area contributed by atoms with Crippen LogP contribution in [0.4, 0.5) is 0 Å². The van der Waals surface area contributed by atoms with E-state index in [1.54, 1.807) is 20.8 Å². The molecule has 0 saturated carbocycles. The van der Waals surface area contributed by atoms with Crippen LogP contribution in [0.3, 0.4) is 0 Å². The average Bonchev–Trinajstić information content (AvgIpc) is 2.99. The fourth-order valence-electron chi connectivity index (χ4n) is 2.07. The Labute approximate surface area is 163 Å². The summed E-state index contributed by atoms with van der Waals surface area (Å²) in [6, 6.07) is 3.89. The Hall–Kier alpha value is -1.97. The van der Waals surface area contributed by atoms with Gasteiger partial charge < -0.3 is 9.26 Å². The number of rotatable bonds is 6. The molecule has 0 radical (unpaired) electrons. The van der Waals surface area contributed by atoms with Crippen molar-refractivity contribution in [3.05, 3.63) is 40.5 Å². The van der Waals surface area contributed by atoms with Crippen molar-refractivity contribution >= 4 is 27.6 Å². The summed E-state index contributed by atoms with van der Waals surface area (Å²) in [6.07, 6.45) is 0. The quantitative estimate of drug-likeness (QED) is 0.720. The number of nitrogens with one attached hydrogen (secondary N) is 1. The first-order valence-corrected chi connectivity index (χ1v) is 10.1. The fraction of sp³-hybridized carbons (Fsp3) is 0.471. The van der Waals surface area contributed by atoms with Crippen molar-refractivity contribution in [1.82, 2.24) is 14.9 Å². The van der Waals surface area contributed by atoms with Gasteiger partial charge in [0.2, 0.25) is 10.0 Å². The van der Waals surface area contributed by atoms with Crippen LogP contribution < -0.4 is 4.72 Å². The highest BCUT2D eigenvalue weighted by Crippen LogP contribution is 2.24. The van der Waals surface area contributed by atoms with E-state index < -0.39 is 21.5 Å². The van der Waals surface area contributed by atoms with E-state index in [4.69, 9.17) is 20.9 Å². The summed E-state index contributed by atoms with van der Waals surface area (Å²) in [7, 11) is -3.91. The monoisotopic (exact) mass is 415 g/mol. The van der Waals surface area contributed by atoms with E-state index in [1.807, 2.05) is 13.8 Å². The number of ether oxygens (including phenoxy) is 1. The highest BCUT2D eigenvalue weighted by Gasteiger charge is 2.25. The maximum absolute atomic E-state index is 12.5. The van der Waals surface area contributed by atoms with E-state index in [2.05, 4.69) is 14.9 Å². The molecule has 0 atom stereocenters. The molecule has 0 bridgehead atoms. The predicted molar refractivity (Wildman–Crippen MR) is 99.0 cm³/mol. The van der Waals surface area contributed by atoms with Crippen molar-refractivity contribution in [2.75, 3.05) is 0 Å². The Kier molecular flexibility index (Phi) is 6.28. The second kappa shape index (κ2) is 7.95. The molecule has 148 valence electrons. The van der Waals surface area contributed by atoms with Gasteiger partial charge in [-0.15, -0.1) is 0 Å². The van der Waals surface area contributed by atoms with Crippen LogP contribution in [0.15, 0.2) is 27.6 Å². The van der Waals surface area contributed by atoms with Gasteiger partial charge in [-0.3, -0.25) is 0 Å². The Morgan fingerprint density at radius 3 is 2.56 bits per heavy atom. The first-order chi connectivity index (χ1) is 12.4. The first-order valence-electron chi connectivity index (χ1n) is 8.22. The summed E-state index contributed by atoms with van der Waals surface area (Å²) < 4.78 is 37.6. The van der Waals surface area contributed by atoms with Crippen molar-refractivity contribution in [3.8, 4) is 0 Å². The summed E-state index contributed by atoms with van der Waals surface area (Å²) in [5.74, 6) is 0.0122. The lowest BCUT2D eigenvalue weighted by atomic mass is 10.1. The van der Waals surface area contributed by atoms with Crippen LogP contribution >= 0.6 is 11.6 Å². The van der Waals surface area contributed by atoms with E-state index in [1.165, 1.54) is 18.2 Å². The number of halogens is 1. The molecule has 2 rings (SSSR count). The van der Waals surface area contributed by atoms with Gasteiger partial charge in [0, 0.05) is 11.5 Å². The van der Waals surface area contributed by atoms with Gasteiger partial charge in [0.1, 0.15) is 4.90 Å². The average molecular weight is 416 g/mol. The number of sulfonamides is 1. The van der Waals surface area contributed by atoms with E-state index in [0.717, 1.165) is 0 Å². The molecule has 10 heteroatoms. The van der Waals surface area contributed by atoms with Crippen LogP contribution in [-0.4, -0.2) is 30.1 Å². The largest absolute Gasteiger partial charge is 0.452 e. The zero-order valence-electron chi connectivity index (χ0n) is 15.7. The minimum absolute atomic E-state index is 0.00164. The lowest BCUT2D eigenvalue weighted by Crippen LogP contribution is -2.40. The molecule has 0 unspecified atom stereocenters. The summed E-state index contributed by atoms with van der Waals surface area (Å²) >= 11 is 6.02. The second-order valence-corrected chi connectivity index (χ2v) is 9.34. The molecule has 0 amide bonds. The molecular weight excluding hydrogens is 394 g/mol. The summed E-state index contributed by atoms with van der Waals surface area (Å²) in [6.45, 7) is 8.69. The van der Waals surface area contributed by atoms with Crippen molar-refractivity contribution in [2.24, 2.45) is 0 Å². The van der Waals surface area contributed by atoms with Crippen LogP contribution in [0, 0.1) is 0 Å². The van der Waals surface area contributed by atoms with Crippen LogP contribution in [0.5, 0.6) is 0 Å². The molecule has 2 aromatic rings. The maximum Gasteiger partial charge on any atom is 0.338 e. The van der Waals surface area contributed by atoms with Crippen LogP contribution in [0.25, 0.3) is 0 Å². The molecule has 8 nitrogen and oxygen atoms in total. The fourth-order valence-corrected chi connectivity index (χ4v) is 4.01. The molecule has 0 aliphatic carbocycles. The van der Waals surface area contributed by atoms with E-state index >= 15 is 0 Å². The molecule has 0 aliphatic heterocycles. The molecule has 27 heavy (non-hydrogen) atoms. The first kappa shape index (κ1) is 21.3. The third-order valence-electron chi connectivity index (χ3n) is 3.22. The van der Waals surface area contributed by atoms with Crippen molar-refractivity contribution in [2.45, 2.75) is 57.6 Å². The summed E-state index contributed by atoms with van der Waals surface area (Å²) in [5.41, 5.74) is -0.664. The molecule has 1 N–H and O–H groups in total. The molecule has 1 aromatic carbocycles. The van der Waals surface area contributed by atoms with Crippen LogP contribution in [0.2, 0.25) is 5.02 Å². The Balaban J connectivity index is 2.17. The molecule has 1 aromatic heterocycles. The number of hydrogen-bond acceptors (Lipinski definition) is 7. The van der Waals surface area contributed by atoms with Gasteiger partial charge in [0.15, 0.2) is 12.4 Å². The number of carbonyl (C=O) groups excluding carboxylic acids is 1.